The lowest BCUT2D eigenvalue weighted by atomic mass is 10.0. The van der Waals surface area contributed by atoms with E-state index in [4.69, 9.17) is 9.47 Å². The molecule has 1 saturated heterocycles. The van der Waals surface area contributed by atoms with Crippen molar-refractivity contribution in [3.05, 3.63) is 35.7 Å². The molecule has 2 aromatic rings. The summed E-state index contributed by atoms with van der Waals surface area (Å²) in [6.07, 6.45) is 5.21. The minimum absolute atomic E-state index is 0.0611. The number of rotatable bonds is 4. The standard InChI is InChI=1S/C19H24N2O3/c1-13-9-16(23-2)18(17(10-13)24-3)14-11-15(20-12-14)19(22)21-7-5-4-6-8-21/h9-12,20H,4-8H2,1-3H3. The Balaban J connectivity index is 1.94. The van der Waals surface area contributed by atoms with E-state index in [0.29, 0.717) is 5.69 Å². The fraction of sp³-hybridized carbons (Fsp3) is 0.421. The molecule has 3 rings (SSSR count). The predicted molar refractivity (Wildman–Crippen MR) is 93.8 cm³/mol. The van der Waals surface area contributed by atoms with E-state index in [0.717, 1.165) is 54.1 Å². The van der Waals surface area contributed by atoms with Gasteiger partial charge in [-0.05, 0) is 49.9 Å². The Labute approximate surface area is 142 Å². The number of hydrogen-bond acceptors (Lipinski definition) is 3. The molecule has 0 spiro atoms. The fourth-order valence-electron chi connectivity index (χ4n) is 3.26. The number of methoxy groups -OCH3 is 2. The first-order chi connectivity index (χ1) is 11.6. The number of amides is 1. The summed E-state index contributed by atoms with van der Waals surface area (Å²) >= 11 is 0. The Bertz CT molecular complexity index is 705. The number of benzene rings is 1. The molecule has 1 fully saturated rings. The van der Waals surface area contributed by atoms with Gasteiger partial charge in [0.15, 0.2) is 0 Å². The minimum atomic E-state index is 0.0611. The van der Waals surface area contributed by atoms with Gasteiger partial charge in [0.05, 0.1) is 19.8 Å². The van der Waals surface area contributed by atoms with Crippen LogP contribution in [0.3, 0.4) is 0 Å². The lowest BCUT2D eigenvalue weighted by molar-refractivity contribution is 0.0719. The number of H-pyrrole nitrogens is 1. The second-order valence-corrected chi connectivity index (χ2v) is 6.20. The summed E-state index contributed by atoms with van der Waals surface area (Å²) in [4.78, 5) is 17.7. The van der Waals surface area contributed by atoms with Crippen molar-refractivity contribution in [1.29, 1.82) is 0 Å². The predicted octanol–water partition coefficient (Wildman–Crippen LogP) is 3.63. The Morgan fingerprint density at radius 2 is 1.67 bits per heavy atom. The number of nitrogens with zero attached hydrogens (tertiary/aromatic N) is 1. The van der Waals surface area contributed by atoms with Crippen molar-refractivity contribution < 1.29 is 14.3 Å². The van der Waals surface area contributed by atoms with Crippen LogP contribution in [0.25, 0.3) is 11.1 Å². The molecule has 24 heavy (non-hydrogen) atoms. The maximum Gasteiger partial charge on any atom is 0.270 e. The molecule has 5 nitrogen and oxygen atoms in total. The molecular weight excluding hydrogens is 304 g/mol. The molecule has 0 unspecified atom stereocenters. The number of ether oxygens (including phenoxy) is 2. The van der Waals surface area contributed by atoms with Gasteiger partial charge in [-0.2, -0.15) is 0 Å². The number of aromatic nitrogens is 1. The van der Waals surface area contributed by atoms with Gasteiger partial charge in [-0.15, -0.1) is 0 Å². The van der Waals surface area contributed by atoms with Gasteiger partial charge in [0.1, 0.15) is 17.2 Å². The summed E-state index contributed by atoms with van der Waals surface area (Å²) in [6.45, 7) is 3.67. The number of nitrogens with one attached hydrogen (secondary N) is 1. The lowest BCUT2D eigenvalue weighted by Crippen LogP contribution is -2.35. The van der Waals surface area contributed by atoms with E-state index < -0.39 is 0 Å². The largest absolute Gasteiger partial charge is 0.496 e. The number of piperidine rings is 1. The van der Waals surface area contributed by atoms with Crippen LogP contribution in [0.1, 0.15) is 35.3 Å². The average Bonchev–Trinajstić information content (AvgIpc) is 3.10. The second-order valence-electron chi connectivity index (χ2n) is 6.20. The van der Waals surface area contributed by atoms with Crippen LogP contribution < -0.4 is 9.47 Å². The lowest BCUT2D eigenvalue weighted by Gasteiger charge is -2.26. The first-order valence-corrected chi connectivity index (χ1v) is 8.34. The van der Waals surface area contributed by atoms with Crippen molar-refractivity contribution in [3.63, 3.8) is 0 Å². The number of carbonyl (C=O) groups is 1. The third-order valence-electron chi connectivity index (χ3n) is 4.50. The van der Waals surface area contributed by atoms with E-state index in [-0.39, 0.29) is 5.91 Å². The third-order valence-corrected chi connectivity index (χ3v) is 4.50. The van der Waals surface area contributed by atoms with Crippen LogP contribution in [-0.4, -0.2) is 43.1 Å². The molecule has 1 aromatic heterocycles. The molecule has 1 aliphatic rings. The average molecular weight is 328 g/mol. The van der Waals surface area contributed by atoms with Crippen molar-refractivity contribution in [2.45, 2.75) is 26.2 Å². The fourth-order valence-corrected chi connectivity index (χ4v) is 3.26. The van der Waals surface area contributed by atoms with Crippen LogP contribution in [0.5, 0.6) is 11.5 Å². The maximum atomic E-state index is 12.6. The van der Waals surface area contributed by atoms with Crippen LogP contribution in [-0.2, 0) is 0 Å². The van der Waals surface area contributed by atoms with E-state index in [1.54, 1.807) is 14.2 Å². The van der Waals surface area contributed by atoms with E-state index >= 15 is 0 Å². The minimum Gasteiger partial charge on any atom is -0.496 e. The highest BCUT2D eigenvalue weighted by atomic mass is 16.5. The smallest absolute Gasteiger partial charge is 0.270 e. The summed E-state index contributed by atoms with van der Waals surface area (Å²) in [7, 11) is 3.29. The summed E-state index contributed by atoms with van der Waals surface area (Å²) in [5, 5.41) is 0. The SMILES string of the molecule is COc1cc(C)cc(OC)c1-c1c[nH]c(C(=O)N2CCCCC2)c1. The molecule has 0 radical (unpaired) electrons. The Morgan fingerprint density at radius 3 is 2.25 bits per heavy atom. The van der Waals surface area contributed by atoms with Gasteiger partial charge in [-0.3, -0.25) is 4.79 Å². The summed E-state index contributed by atoms with van der Waals surface area (Å²) in [6, 6.07) is 5.82. The zero-order valence-corrected chi connectivity index (χ0v) is 14.5. The van der Waals surface area contributed by atoms with Crippen molar-refractivity contribution in [3.8, 4) is 22.6 Å². The highest BCUT2D eigenvalue weighted by Crippen LogP contribution is 2.39. The van der Waals surface area contributed by atoms with Gasteiger partial charge in [-0.1, -0.05) is 0 Å². The highest BCUT2D eigenvalue weighted by molar-refractivity contribution is 5.94. The molecule has 1 aromatic carbocycles. The monoisotopic (exact) mass is 328 g/mol. The highest BCUT2D eigenvalue weighted by Gasteiger charge is 2.21. The van der Waals surface area contributed by atoms with E-state index in [1.807, 2.05) is 36.2 Å². The Morgan fingerprint density at radius 1 is 1.04 bits per heavy atom. The summed E-state index contributed by atoms with van der Waals surface area (Å²) < 4.78 is 11.0. The normalized spacial score (nSPS) is 14.5. The number of carbonyl (C=O) groups excluding carboxylic acids is 1. The van der Waals surface area contributed by atoms with Crippen LogP contribution in [0, 0.1) is 6.92 Å². The molecule has 0 aliphatic carbocycles. The van der Waals surface area contributed by atoms with E-state index in [2.05, 4.69) is 4.98 Å². The molecular formula is C19H24N2O3. The molecule has 1 aliphatic heterocycles. The molecule has 128 valence electrons. The summed E-state index contributed by atoms with van der Waals surface area (Å²) in [5.74, 6) is 1.54. The number of likely N-dealkylation sites (tertiary alicyclic amines) is 1. The van der Waals surface area contributed by atoms with Crippen molar-refractivity contribution >= 4 is 5.91 Å². The van der Waals surface area contributed by atoms with Crippen molar-refractivity contribution in [1.82, 2.24) is 9.88 Å². The third kappa shape index (κ3) is 3.11. The zero-order valence-electron chi connectivity index (χ0n) is 14.5. The zero-order chi connectivity index (χ0) is 17.1. The van der Waals surface area contributed by atoms with Crippen LogP contribution in [0.4, 0.5) is 0 Å². The second kappa shape index (κ2) is 6.99. The van der Waals surface area contributed by atoms with Gasteiger partial charge < -0.3 is 19.4 Å². The van der Waals surface area contributed by atoms with Crippen LogP contribution in [0.2, 0.25) is 0 Å². The van der Waals surface area contributed by atoms with Gasteiger partial charge >= 0.3 is 0 Å². The van der Waals surface area contributed by atoms with Gasteiger partial charge in [0, 0.05) is 24.8 Å². The number of aryl methyl sites for hydroxylation is 1. The number of aromatic amines is 1. The van der Waals surface area contributed by atoms with Crippen LogP contribution >= 0.6 is 0 Å². The van der Waals surface area contributed by atoms with E-state index in [9.17, 15) is 4.79 Å². The van der Waals surface area contributed by atoms with Gasteiger partial charge in [0.25, 0.3) is 5.91 Å². The maximum absolute atomic E-state index is 12.6. The molecule has 2 heterocycles. The molecule has 5 heteroatoms. The van der Waals surface area contributed by atoms with Gasteiger partial charge in [-0.25, -0.2) is 0 Å². The molecule has 1 amide bonds. The quantitative estimate of drug-likeness (QED) is 0.932. The molecule has 0 bridgehead atoms. The molecule has 0 atom stereocenters. The molecule has 1 N–H and O–H groups in total. The van der Waals surface area contributed by atoms with Crippen LogP contribution in [0.15, 0.2) is 24.4 Å². The topological polar surface area (TPSA) is 54.6 Å². The molecule has 0 saturated carbocycles. The Hall–Kier alpha value is -2.43. The van der Waals surface area contributed by atoms with E-state index in [1.165, 1.54) is 6.42 Å². The Kier molecular flexibility index (Phi) is 4.79. The van der Waals surface area contributed by atoms with Crippen molar-refractivity contribution in [2.75, 3.05) is 27.3 Å². The summed E-state index contributed by atoms with van der Waals surface area (Å²) in [5.41, 5.74) is 3.42. The number of hydrogen-bond donors (Lipinski definition) is 1. The first kappa shape index (κ1) is 16.4. The first-order valence-electron chi connectivity index (χ1n) is 8.34. The van der Waals surface area contributed by atoms with Gasteiger partial charge in [0.2, 0.25) is 0 Å². The van der Waals surface area contributed by atoms with Crippen molar-refractivity contribution in [2.24, 2.45) is 0 Å².